The minimum absolute atomic E-state index is 0.238. The first kappa shape index (κ1) is 6.03. The highest BCUT2D eigenvalue weighted by atomic mass is 32.1. The van der Waals surface area contributed by atoms with Gasteiger partial charge < -0.3 is 11.5 Å². The van der Waals surface area contributed by atoms with Gasteiger partial charge in [-0.15, -0.1) is 0 Å². The molecule has 4 nitrogen and oxygen atoms in total. The van der Waals surface area contributed by atoms with Crippen molar-refractivity contribution in [3.63, 3.8) is 0 Å². The van der Waals surface area contributed by atoms with Gasteiger partial charge in [0.1, 0.15) is 5.00 Å². The molecule has 0 atom stereocenters. The molecule has 5 heteroatoms. The van der Waals surface area contributed by atoms with Gasteiger partial charge in [-0.05, 0) is 0 Å². The number of nitrogen functional groups attached to an aromatic ring is 2. The highest BCUT2D eigenvalue weighted by molar-refractivity contribution is 7.17. The Labute approximate surface area is 55.5 Å². The first-order valence-corrected chi connectivity index (χ1v) is 3.02. The Morgan fingerprint density at radius 1 is 1.56 bits per heavy atom. The third-order valence-corrected chi connectivity index (χ3v) is 1.62. The molecule has 1 heterocycles. The fraction of sp³-hybridized carbons (Fsp3) is 0. The number of thiazole rings is 1. The van der Waals surface area contributed by atoms with Crippen molar-refractivity contribution in [2.75, 3.05) is 11.5 Å². The topological polar surface area (TPSA) is 82.0 Å². The van der Waals surface area contributed by atoms with Gasteiger partial charge >= 0.3 is 0 Å². The highest BCUT2D eigenvalue weighted by Gasteiger charge is 2.01. The Bertz CT molecular complexity index is 212. The smallest absolute Gasteiger partial charge is 0.178 e. The van der Waals surface area contributed by atoms with E-state index in [0.29, 0.717) is 16.3 Å². The van der Waals surface area contributed by atoms with Crippen LogP contribution in [0.25, 0.3) is 0 Å². The second-order valence-corrected chi connectivity index (χ2v) is 2.48. The second kappa shape index (κ2) is 2.02. The summed E-state index contributed by atoms with van der Waals surface area (Å²) in [4.78, 5) is 13.6. The number of anilines is 2. The van der Waals surface area contributed by atoms with Crippen LogP contribution in [0.5, 0.6) is 0 Å². The summed E-state index contributed by atoms with van der Waals surface area (Å²) in [5.74, 6) is 0.238. The Balaban J connectivity index is 3.11. The van der Waals surface area contributed by atoms with Gasteiger partial charge in [-0.3, -0.25) is 4.79 Å². The summed E-state index contributed by atoms with van der Waals surface area (Å²) in [6.07, 6.45) is 0.622. The van der Waals surface area contributed by atoms with Crippen molar-refractivity contribution in [1.82, 2.24) is 4.98 Å². The SMILES string of the molecule is Nc1nc(C=O)sc1N. The van der Waals surface area contributed by atoms with Gasteiger partial charge in [0.25, 0.3) is 0 Å². The third kappa shape index (κ3) is 0.996. The molecule has 0 aliphatic heterocycles. The molecule has 0 bridgehead atoms. The number of nitrogens with two attached hydrogens (primary N) is 2. The molecule has 0 aromatic carbocycles. The molecule has 0 spiro atoms. The number of carbonyl (C=O) groups excluding carboxylic acids is 1. The van der Waals surface area contributed by atoms with Crippen LogP contribution in [0.1, 0.15) is 9.80 Å². The van der Waals surface area contributed by atoms with Crippen molar-refractivity contribution in [3.05, 3.63) is 5.01 Å². The average molecular weight is 143 g/mol. The van der Waals surface area contributed by atoms with Crippen LogP contribution in [0.3, 0.4) is 0 Å². The van der Waals surface area contributed by atoms with E-state index < -0.39 is 0 Å². The molecular weight excluding hydrogens is 138 g/mol. The van der Waals surface area contributed by atoms with Crippen LogP contribution in [0.15, 0.2) is 0 Å². The summed E-state index contributed by atoms with van der Waals surface area (Å²) in [6, 6.07) is 0. The van der Waals surface area contributed by atoms with Crippen molar-refractivity contribution in [1.29, 1.82) is 0 Å². The number of hydrogen-bond donors (Lipinski definition) is 2. The Morgan fingerprint density at radius 3 is 2.44 bits per heavy atom. The number of aromatic nitrogens is 1. The molecule has 1 rings (SSSR count). The molecule has 0 amide bonds. The van der Waals surface area contributed by atoms with Crippen molar-refractivity contribution < 1.29 is 4.79 Å². The largest absolute Gasteiger partial charge is 0.387 e. The number of rotatable bonds is 1. The average Bonchev–Trinajstić information content (AvgIpc) is 2.13. The summed E-state index contributed by atoms with van der Waals surface area (Å²) in [7, 11) is 0. The van der Waals surface area contributed by atoms with Gasteiger partial charge in [0.2, 0.25) is 0 Å². The van der Waals surface area contributed by atoms with E-state index in [0.717, 1.165) is 11.3 Å². The lowest BCUT2D eigenvalue weighted by molar-refractivity contribution is 0.112. The zero-order chi connectivity index (χ0) is 6.85. The molecule has 0 unspecified atom stereocenters. The second-order valence-electron chi connectivity index (χ2n) is 1.42. The molecule has 0 fully saturated rings. The molecule has 0 saturated heterocycles. The predicted octanol–water partition coefficient (Wildman–Crippen LogP) is 0.120. The molecule has 48 valence electrons. The number of nitrogens with zero attached hydrogens (tertiary/aromatic N) is 1. The predicted molar refractivity (Wildman–Crippen MR) is 36.3 cm³/mol. The van der Waals surface area contributed by atoms with Crippen LogP contribution in [0.4, 0.5) is 10.8 Å². The van der Waals surface area contributed by atoms with Crippen molar-refractivity contribution in [2.24, 2.45) is 0 Å². The number of aldehydes is 1. The minimum atomic E-state index is 0.238. The fourth-order valence-electron chi connectivity index (χ4n) is 0.412. The van der Waals surface area contributed by atoms with E-state index in [1.54, 1.807) is 0 Å². The molecule has 0 aliphatic rings. The fourth-order valence-corrected chi connectivity index (χ4v) is 0.980. The number of carbonyl (C=O) groups is 1. The Morgan fingerprint density at radius 2 is 2.22 bits per heavy atom. The van der Waals surface area contributed by atoms with Gasteiger partial charge in [0.05, 0.1) is 0 Å². The maximum atomic E-state index is 10.0. The molecule has 1 aromatic heterocycles. The molecule has 0 aliphatic carbocycles. The van der Waals surface area contributed by atoms with Crippen LogP contribution in [0, 0.1) is 0 Å². The van der Waals surface area contributed by atoms with Gasteiger partial charge in [0, 0.05) is 0 Å². The summed E-state index contributed by atoms with van der Waals surface area (Å²) in [5.41, 5.74) is 10.5. The lowest BCUT2D eigenvalue weighted by Gasteiger charge is -1.79. The van der Waals surface area contributed by atoms with E-state index in [4.69, 9.17) is 11.5 Å². The molecule has 1 aromatic rings. The summed E-state index contributed by atoms with van der Waals surface area (Å²) < 4.78 is 0. The normalized spacial score (nSPS) is 9.33. The quantitative estimate of drug-likeness (QED) is 0.547. The summed E-state index contributed by atoms with van der Waals surface area (Å²) in [6.45, 7) is 0. The first-order chi connectivity index (χ1) is 4.24. The molecule has 4 N–H and O–H groups in total. The van der Waals surface area contributed by atoms with Crippen molar-refractivity contribution in [2.45, 2.75) is 0 Å². The van der Waals surface area contributed by atoms with Gasteiger partial charge in [-0.1, -0.05) is 11.3 Å². The van der Waals surface area contributed by atoms with E-state index >= 15 is 0 Å². The molecular formula is C4H5N3OS. The van der Waals surface area contributed by atoms with Crippen LogP contribution >= 0.6 is 11.3 Å². The third-order valence-electron chi connectivity index (χ3n) is 0.798. The maximum Gasteiger partial charge on any atom is 0.178 e. The first-order valence-electron chi connectivity index (χ1n) is 2.21. The Hall–Kier alpha value is -1.10. The summed E-state index contributed by atoms with van der Waals surface area (Å²) in [5, 5.41) is 0.724. The van der Waals surface area contributed by atoms with E-state index in [2.05, 4.69) is 4.98 Å². The lowest BCUT2D eigenvalue weighted by Crippen LogP contribution is -1.89. The van der Waals surface area contributed by atoms with E-state index in [9.17, 15) is 4.79 Å². The van der Waals surface area contributed by atoms with Crippen molar-refractivity contribution >= 4 is 28.4 Å². The van der Waals surface area contributed by atoms with Crippen LogP contribution < -0.4 is 11.5 Å². The van der Waals surface area contributed by atoms with E-state index in [1.807, 2.05) is 0 Å². The number of hydrogen-bond acceptors (Lipinski definition) is 5. The zero-order valence-corrected chi connectivity index (χ0v) is 5.31. The molecule has 9 heavy (non-hydrogen) atoms. The van der Waals surface area contributed by atoms with E-state index in [1.165, 1.54) is 0 Å². The van der Waals surface area contributed by atoms with Crippen LogP contribution in [-0.2, 0) is 0 Å². The van der Waals surface area contributed by atoms with Gasteiger partial charge in [-0.25, -0.2) is 4.98 Å². The monoisotopic (exact) mass is 143 g/mol. The van der Waals surface area contributed by atoms with Gasteiger partial charge in [-0.2, -0.15) is 0 Å². The lowest BCUT2D eigenvalue weighted by atomic mass is 10.7. The van der Waals surface area contributed by atoms with Crippen LogP contribution in [-0.4, -0.2) is 11.3 Å². The maximum absolute atomic E-state index is 10.0. The minimum Gasteiger partial charge on any atom is -0.387 e. The highest BCUT2D eigenvalue weighted by Crippen LogP contribution is 2.20. The van der Waals surface area contributed by atoms with Gasteiger partial charge in [0.15, 0.2) is 17.1 Å². The van der Waals surface area contributed by atoms with Crippen LogP contribution in [0.2, 0.25) is 0 Å². The standard InChI is InChI=1S/C4H5N3OS/c5-3-4(6)9-2(1-8)7-3/h1H,5-6H2. The van der Waals surface area contributed by atoms with E-state index in [-0.39, 0.29) is 5.82 Å². The summed E-state index contributed by atoms with van der Waals surface area (Å²) >= 11 is 1.09. The Kier molecular flexibility index (Phi) is 1.35. The zero-order valence-electron chi connectivity index (χ0n) is 4.50. The van der Waals surface area contributed by atoms with Crippen molar-refractivity contribution in [3.8, 4) is 0 Å². The molecule has 0 radical (unpaired) electrons. The molecule has 0 saturated carbocycles.